The summed E-state index contributed by atoms with van der Waals surface area (Å²) in [6.45, 7) is 7.31. The third-order valence-electron chi connectivity index (χ3n) is 6.52. The summed E-state index contributed by atoms with van der Waals surface area (Å²) in [7, 11) is 0. The van der Waals surface area contributed by atoms with Crippen molar-refractivity contribution in [3.63, 3.8) is 0 Å². The number of hydrogen-bond donors (Lipinski definition) is 0. The Kier molecular flexibility index (Phi) is 7.28. The van der Waals surface area contributed by atoms with E-state index in [4.69, 9.17) is 32.7 Å². The number of nitrogens with zero attached hydrogens (tertiary/aromatic N) is 5. The quantitative estimate of drug-likeness (QED) is 0.286. The summed E-state index contributed by atoms with van der Waals surface area (Å²) in [5, 5.41) is 12.0. The van der Waals surface area contributed by atoms with E-state index in [9.17, 15) is 10.1 Å². The Morgan fingerprint density at radius 2 is 1.92 bits per heavy atom. The van der Waals surface area contributed by atoms with Crippen molar-refractivity contribution in [2.24, 2.45) is 0 Å². The summed E-state index contributed by atoms with van der Waals surface area (Å²) >= 11 is 12.3. The number of hydrogen-bond acceptors (Lipinski definition) is 7. The van der Waals surface area contributed by atoms with Gasteiger partial charge in [-0.2, -0.15) is 0 Å². The van der Waals surface area contributed by atoms with E-state index in [1.165, 1.54) is 6.20 Å². The minimum absolute atomic E-state index is 0.215. The molecule has 37 heavy (non-hydrogen) atoms. The van der Waals surface area contributed by atoms with Crippen molar-refractivity contribution in [1.29, 1.82) is 0 Å². The van der Waals surface area contributed by atoms with E-state index < -0.39 is 10.5 Å². The molecule has 0 saturated carbocycles. The molecule has 2 aliphatic rings. The van der Waals surface area contributed by atoms with Gasteiger partial charge in [-0.15, -0.1) is 0 Å². The lowest BCUT2D eigenvalue weighted by Gasteiger charge is -2.35. The van der Waals surface area contributed by atoms with Crippen LogP contribution in [0.4, 0.5) is 11.5 Å². The van der Waals surface area contributed by atoms with E-state index in [2.05, 4.69) is 33.0 Å². The van der Waals surface area contributed by atoms with Crippen molar-refractivity contribution >= 4 is 40.8 Å². The van der Waals surface area contributed by atoms with E-state index in [-0.39, 0.29) is 11.8 Å². The Balaban J connectivity index is 1.08. The van der Waals surface area contributed by atoms with Crippen LogP contribution in [0.2, 0.25) is 10.0 Å². The Morgan fingerprint density at radius 3 is 2.62 bits per heavy atom. The molecule has 0 spiro atoms. The number of halogens is 2. The first-order valence-electron chi connectivity index (χ1n) is 12.0. The topological polar surface area (TPSA) is 85.9 Å². The zero-order valence-electron chi connectivity index (χ0n) is 20.3. The van der Waals surface area contributed by atoms with Crippen LogP contribution in [-0.4, -0.2) is 64.3 Å². The van der Waals surface area contributed by atoms with Crippen LogP contribution in [0.5, 0.6) is 11.8 Å². The van der Waals surface area contributed by atoms with Gasteiger partial charge in [-0.1, -0.05) is 47.5 Å². The zero-order valence-corrected chi connectivity index (χ0v) is 21.9. The fraction of sp³-hybridized carbons (Fsp3) is 0.346. The van der Waals surface area contributed by atoms with Gasteiger partial charge < -0.3 is 24.5 Å². The second-order valence-corrected chi connectivity index (χ2v) is 10.2. The fourth-order valence-corrected chi connectivity index (χ4v) is 4.88. The Bertz CT molecular complexity index is 1280. The van der Waals surface area contributed by atoms with Gasteiger partial charge in [-0.3, -0.25) is 9.47 Å². The molecule has 2 aromatic carbocycles. The average molecular weight is 544 g/mol. The predicted molar refractivity (Wildman–Crippen MR) is 144 cm³/mol. The first kappa shape index (κ1) is 25.4. The van der Waals surface area contributed by atoms with Crippen LogP contribution in [0.25, 0.3) is 6.08 Å². The predicted octanol–water partition coefficient (Wildman–Crippen LogP) is 5.16. The van der Waals surface area contributed by atoms with Crippen LogP contribution < -0.4 is 14.4 Å². The molecule has 11 heteroatoms. The fourth-order valence-electron chi connectivity index (χ4n) is 4.51. The van der Waals surface area contributed by atoms with Crippen molar-refractivity contribution < 1.29 is 14.4 Å². The Morgan fingerprint density at radius 1 is 1.16 bits per heavy atom. The summed E-state index contributed by atoms with van der Waals surface area (Å²) in [5.41, 5.74) is 1.45. The third-order valence-corrected chi connectivity index (χ3v) is 7.35. The summed E-state index contributed by atoms with van der Waals surface area (Å²) in [4.78, 5) is 19.0. The molecule has 3 aromatic rings. The van der Waals surface area contributed by atoms with Gasteiger partial charge in [0.25, 0.3) is 0 Å². The van der Waals surface area contributed by atoms with Crippen LogP contribution in [-0.2, 0) is 6.54 Å². The molecule has 5 rings (SSSR count). The van der Waals surface area contributed by atoms with Crippen LogP contribution in [0.1, 0.15) is 12.5 Å². The summed E-state index contributed by atoms with van der Waals surface area (Å²) in [6.07, 6.45) is 5.54. The van der Waals surface area contributed by atoms with Gasteiger partial charge in [-0.05, 0) is 47.7 Å². The molecule has 0 unspecified atom stereocenters. The molecule has 1 atom stereocenters. The summed E-state index contributed by atoms with van der Waals surface area (Å²) in [5.74, 6) is 0.529. The molecule has 0 aliphatic carbocycles. The molecule has 1 saturated heterocycles. The molecule has 3 heterocycles. The number of aromatic nitrogens is 2. The van der Waals surface area contributed by atoms with Gasteiger partial charge in [-0.25, -0.2) is 0 Å². The van der Waals surface area contributed by atoms with E-state index in [0.717, 1.165) is 49.7 Å². The van der Waals surface area contributed by atoms with Crippen LogP contribution in [0.3, 0.4) is 0 Å². The smallest absolute Gasteiger partial charge is 0.415 e. The van der Waals surface area contributed by atoms with Crippen molar-refractivity contribution in [3.05, 3.63) is 80.5 Å². The number of rotatable bonds is 8. The summed E-state index contributed by atoms with van der Waals surface area (Å²) < 4.78 is 13.5. The first-order valence-corrected chi connectivity index (χ1v) is 12.8. The number of imidazole rings is 1. The van der Waals surface area contributed by atoms with Gasteiger partial charge in [0.2, 0.25) is 0 Å². The first-order chi connectivity index (χ1) is 17.8. The molecule has 2 aliphatic heterocycles. The second kappa shape index (κ2) is 10.6. The molecule has 0 amide bonds. The molecular weight excluding hydrogens is 517 g/mol. The minimum atomic E-state index is -0.640. The highest BCUT2D eigenvalue weighted by molar-refractivity contribution is 6.42. The molecule has 0 radical (unpaired) electrons. The highest BCUT2D eigenvalue weighted by atomic mass is 35.5. The molecule has 0 bridgehead atoms. The normalized spacial score (nSPS) is 19.7. The third kappa shape index (κ3) is 5.84. The highest BCUT2D eigenvalue weighted by Crippen LogP contribution is 2.32. The maximum atomic E-state index is 10.9. The van der Waals surface area contributed by atoms with Crippen LogP contribution in [0.15, 0.2) is 54.7 Å². The van der Waals surface area contributed by atoms with Crippen LogP contribution >= 0.6 is 23.2 Å². The maximum Gasteiger partial charge on any atom is 0.415 e. The van der Waals surface area contributed by atoms with E-state index in [1.54, 1.807) is 10.6 Å². The Labute approximate surface area is 225 Å². The zero-order chi connectivity index (χ0) is 26.0. The average Bonchev–Trinajstić information content (AvgIpc) is 3.42. The SMILES string of the molecule is C[C@]1(COc2ccc(N3CCN(C/C=C/c4cccc(Cl)c4Cl)CC3)cc2)Cn2cc([N+](=O)[O-])nc2O1. The van der Waals surface area contributed by atoms with E-state index in [0.29, 0.717) is 23.2 Å². The number of nitro groups is 1. The maximum absolute atomic E-state index is 10.9. The molecule has 1 fully saturated rings. The largest absolute Gasteiger partial charge is 0.489 e. The lowest BCUT2D eigenvalue weighted by Crippen LogP contribution is -2.46. The van der Waals surface area contributed by atoms with Crippen molar-refractivity contribution in [1.82, 2.24) is 14.5 Å². The highest BCUT2D eigenvalue weighted by Gasteiger charge is 2.41. The van der Waals surface area contributed by atoms with Crippen LogP contribution in [0, 0.1) is 10.1 Å². The number of anilines is 1. The van der Waals surface area contributed by atoms with Crippen molar-refractivity contribution in [3.8, 4) is 11.8 Å². The number of fused-ring (bicyclic) bond motifs is 1. The van der Waals surface area contributed by atoms with E-state index in [1.807, 2.05) is 37.3 Å². The molecule has 9 nitrogen and oxygen atoms in total. The molecule has 194 valence electrons. The van der Waals surface area contributed by atoms with Gasteiger partial charge in [0.1, 0.15) is 18.6 Å². The minimum Gasteiger partial charge on any atom is -0.489 e. The standard InChI is InChI=1S/C26H27Cl2N5O4/c1-26(17-32-16-23(33(34)35)29-25(32)37-26)18-36-21-9-7-20(8-10-21)31-14-12-30(13-15-31)11-3-5-19-4-2-6-22(27)24(19)28/h2-10,16H,11-15,17-18H2,1H3/b5-3+/t26-/m1/s1. The molecule has 0 N–H and O–H groups in total. The van der Waals surface area contributed by atoms with Gasteiger partial charge in [0.05, 0.1) is 16.6 Å². The second-order valence-electron chi connectivity index (χ2n) is 9.43. The monoisotopic (exact) mass is 543 g/mol. The molecule has 1 aromatic heterocycles. The Hall–Kier alpha value is -3.27. The van der Waals surface area contributed by atoms with Crippen molar-refractivity contribution in [2.75, 3.05) is 44.2 Å². The lowest BCUT2D eigenvalue weighted by molar-refractivity contribution is -0.389. The van der Waals surface area contributed by atoms with Gasteiger partial charge in [0, 0.05) is 43.4 Å². The van der Waals surface area contributed by atoms with Crippen molar-refractivity contribution in [2.45, 2.75) is 19.1 Å². The van der Waals surface area contributed by atoms with E-state index >= 15 is 0 Å². The summed E-state index contributed by atoms with van der Waals surface area (Å²) in [6, 6.07) is 13.9. The molecular formula is C26H27Cl2N5O4. The number of benzene rings is 2. The number of ether oxygens (including phenoxy) is 2. The van der Waals surface area contributed by atoms with Gasteiger partial charge >= 0.3 is 11.8 Å². The van der Waals surface area contributed by atoms with Gasteiger partial charge in [0.15, 0.2) is 5.60 Å². The number of piperazine rings is 1. The lowest BCUT2D eigenvalue weighted by atomic mass is 10.1.